The molecule has 1 aliphatic carbocycles. The van der Waals surface area contributed by atoms with E-state index in [1.165, 1.54) is 4.31 Å². The molecule has 0 spiro atoms. The first-order valence-electron chi connectivity index (χ1n) is 7.46. The van der Waals surface area contributed by atoms with Gasteiger partial charge in [0.05, 0.1) is 5.75 Å². The SMILES string of the molecule is CCS(=O)(=O)N1CCN(C(=O)[C@@H]2CCC[C@@H]2CN)CC1. The van der Waals surface area contributed by atoms with Gasteiger partial charge >= 0.3 is 0 Å². The number of amides is 1. The average Bonchev–Trinajstić information content (AvgIpc) is 2.95. The van der Waals surface area contributed by atoms with Crippen molar-refractivity contribution in [3.8, 4) is 0 Å². The monoisotopic (exact) mass is 303 g/mol. The first-order valence-corrected chi connectivity index (χ1v) is 9.07. The van der Waals surface area contributed by atoms with Gasteiger partial charge in [-0.2, -0.15) is 4.31 Å². The van der Waals surface area contributed by atoms with Gasteiger partial charge in [-0.25, -0.2) is 8.42 Å². The number of rotatable bonds is 4. The lowest BCUT2D eigenvalue weighted by Crippen LogP contribution is -2.52. The van der Waals surface area contributed by atoms with E-state index >= 15 is 0 Å². The number of sulfonamides is 1. The van der Waals surface area contributed by atoms with Gasteiger partial charge in [0, 0.05) is 32.1 Å². The number of carbonyl (C=O) groups is 1. The van der Waals surface area contributed by atoms with Crippen LogP contribution in [0.5, 0.6) is 0 Å². The zero-order valence-electron chi connectivity index (χ0n) is 12.1. The molecule has 2 fully saturated rings. The second-order valence-corrected chi connectivity index (χ2v) is 7.92. The molecular formula is C13H25N3O3S. The van der Waals surface area contributed by atoms with E-state index in [9.17, 15) is 13.2 Å². The Labute approximate surface area is 121 Å². The standard InChI is InChI=1S/C13H25N3O3S/c1-2-20(18,19)16-8-6-15(7-9-16)13(17)12-5-3-4-11(12)10-14/h11-12H,2-10,14H2,1H3/t11-,12-/m1/s1. The largest absolute Gasteiger partial charge is 0.340 e. The Bertz CT molecular complexity index is 444. The van der Waals surface area contributed by atoms with Gasteiger partial charge < -0.3 is 10.6 Å². The van der Waals surface area contributed by atoms with Crippen LogP contribution in [0.25, 0.3) is 0 Å². The zero-order chi connectivity index (χ0) is 14.8. The van der Waals surface area contributed by atoms with Crippen molar-refractivity contribution in [2.75, 3.05) is 38.5 Å². The summed E-state index contributed by atoms with van der Waals surface area (Å²) in [5.74, 6) is 0.652. The summed E-state index contributed by atoms with van der Waals surface area (Å²) in [6.45, 7) is 4.07. The minimum Gasteiger partial charge on any atom is -0.340 e. The van der Waals surface area contributed by atoms with Crippen molar-refractivity contribution in [1.82, 2.24) is 9.21 Å². The number of hydrogen-bond donors (Lipinski definition) is 1. The molecule has 20 heavy (non-hydrogen) atoms. The van der Waals surface area contributed by atoms with E-state index in [4.69, 9.17) is 5.73 Å². The van der Waals surface area contributed by atoms with Crippen LogP contribution in [0.1, 0.15) is 26.2 Å². The molecule has 0 bridgehead atoms. The van der Waals surface area contributed by atoms with E-state index in [2.05, 4.69) is 0 Å². The van der Waals surface area contributed by atoms with Crippen LogP contribution in [-0.2, 0) is 14.8 Å². The predicted molar refractivity (Wildman–Crippen MR) is 77.5 cm³/mol. The fourth-order valence-electron chi connectivity index (χ4n) is 3.25. The van der Waals surface area contributed by atoms with Gasteiger partial charge in [0.2, 0.25) is 15.9 Å². The van der Waals surface area contributed by atoms with Gasteiger partial charge in [0.25, 0.3) is 0 Å². The van der Waals surface area contributed by atoms with Crippen molar-refractivity contribution >= 4 is 15.9 Å². The smallest absolute Gasteiger partial charge is 0.226 e. The maximum Gasteiger partial charge on any atom is 0.226 e. The molecule has 0 radical (unpaired) electrons. The summed E-state index contributed by atoms with van der Waals surface area (Å²) in [5.41, 5.74) is 5.73. The lowest BCUT2D eigenvalue weighted by molar-refractivity contribution is -0.137. The second kappa shape index (κ2) is 6.41. The third-order valence-corrected chi connectivity index (χ3v) is 6.47. The fraction of sp³-hybridized carbons (Fsp3) is 0.923. The number of piperazine rings is 1. The number of nitrogens with two attached hydrogens (primary N) is 1. The number of carbonyl (C=O) groups excluding carboxylic acids is 1. The van der Waals surface area contributed by atoms with Crippen LogP contribution in [0.3, 0.4) is 0 Å². The van der Waals surface area contributed by atoms with E-state index in [1.54, 1.807) is 6.92 Å². The molecule has 1 saturated carbocycles. The third kappa shape index (κ3) is 3.15. The van der Waals surface area contributed by atoms with Crippen LogP contribution in [0, 0.1) is 11.8 Å². The maximum absolute atomic E-state index is 12.5. The normalized spacial score (nSPS) is 28.8. The van der Waals surface area contributed by atoms with Crippen LogP contribution < -0.4 is 5.73 Å². The molecule has 1 amide bonds. The second-order valence-electron chi connectivity index (χ2n) is 5.66. The highest BCUT2D eigenvalue weighted by atomic mass is 32.2. The van der Waals surface area contributed by atoms with E-state index in [0.29, 0.717) is 38.6 Å². The highest BCUT2D eigenvalue weighted by molar-refractivity contribution is 7.89. The van der Waals surface area contributed by atoms with Gasteiger partial charge in [-0.3, -0.25) is 4.79 Å². The molecule has 0 unspecified atom stereocenters. The van der Waals surface area contributed by atoms with Crippen molar-refractivity contribution in [2.45, 2.75) is 26.2 Å². The van der Waals surface area contributed by atoms with Gasteiger partial charge in [0.1, 0.15) is 0 Å². The zero-order valence-corrected chi connectivity index (χ0v) is 12.9. The van der Waals surface area contributed by atoms with Crippen LogP contribution in [-0.4, -0.2) is 62.0 Å². The molecule has 116 valence electrons. The molecule has 2 atom stereocenters. The Kier molecular flexibility index (Phi) is 5.04. The Morgan fingerprint density at radius 3 is 2.40 bits per heavy atom. The van der Waals surface area contributed by atoms with Crippen molar-refractivity contribution in [1.29, 1.82) is 0 Å². The average molecular weight is 303 g/mol. The molecule has 2 N–H and O–H groups in total. The summed E-state index contributed by atoms with van der Waals surface area (Å²) in [6.07, 6.45) is 3.04. The predicted octanol–water partition coefficient (Wildman–Crippen LogP) is -0.145. The minimum atomic E-state index is -3.13. The van der Waals surface area contributed by atoms with Crippen molar-refractivity contribution < 1.29 is 13.2 Å². The Hall–Kier alpha value is -0.660. The summed E-state index contributed by atoms with van der Waals surface area (Å²) in [6, 6.07) is 0. The quantitative estimate of drug-likeness (QED) is 0.783. The summed E-state index contributed by atoms with van der Waals surface area (Å²) in [7, 11) is -3.13. The van der Waals surface area contributed by atoms with Gasteiger partial charge in [-0.15, -0.1) is 0 Å². The van der Waals surface area contributed by atoms with Crippen molar-refractivity contribution in [3.05, 3.63) is 0 Å². The van der Waals surface area contributed by atoms with Gasteiger partial charge in [-0.1, -0.05) is 6.42 Å². The summed E-state index contributed by atoms with van der Waals surface area (Å²) in [4.78, 5) is 14.3. The van der Waals surface area contributed by atoms with Gasteiger partial charge in [-0.05, 0) is 32.2 Å². The lowest BCUT2D eigenvalue weighted by Gasteiger charge is -2.36. The third-order valence-electron chi connectivity index (χ3n) is 4.59. The first kappa shape index (κ1) is 15.7. The van der Waals surface area contributed by atoms with Crippen LogP contribution in [0.4, 0.5) is 0 Å². The molecule has 2 rings (SSSR count). The molecule has 2 aliphatic rings. The van der Waals surface area contributed by atoms with Gasteiger partial charge in [0.15, 0.2) is 0 Å². The highest BCUT2D eigenvalue weighted by Gasteiger charge is 2.36. The van der Waals surface area contributed by atoms with E-state index in [0.717, 1.165) is 19.3 Å². The Morgan fingerprint density at radius 1 is 1.20 bits per heavy atom. The first-order chi connectivity index (χ1) is 9.49. The van der Waals surface area contributed by atoms with Crippen molar-refractivity contribution in [3.63, 3.8) is 0 Å². The highest BCUT2D eigenvalue weighted by Crippen LogP contribution is 2.32. The van der Waals surface area contributed by atoms with E-state index in [-0.39, 0.29) is 17.6 Å². The molecular weight excluding hydrogens is 278 g/mol. The Morgan fingerprint density at radius 2 is 1.85 bits per heavy atom. The summed E-state index contributed by atoms with van der Waals surface area (Å²) in [5, 5.41) is 0. The van der Waals surface area contributed by atoms with E-state index < -0.39 is 10.0 Å². The lowest BCUT2D eigenvalue weighted by atomic mass is 9.94. The van der Waals surface area contributed by atoms with Crippen molar-refractivity contribution in [2.24, 2.45) is 17.6 Å². The molecule has 0 aromatic heterocycles. The maximum atomic E-state index is 12.5. The number of nitrogens with zero attached hydrogens (tertiary/aromatic N) is 2. The summed E-state index contributed by atoms with van der Waals surface area (Å²) < 4.78 is 25.1. The minimum absolute atomic E-state index is 0.0503. The molecule has 0 aromatic rings. The molecule has 6 nitrogen and oxygen atoms in total. The molecule has 0 aromatic carbocycles. The van der Waals surface area contributed by atoms with Crippen LogP contribution in [0.15, 0.2) is 0 Å². The molecule has 1 aliphatic heterocycles. The molecule has 1 heterocycles. The summed E-state index contributed by atoms with van der Waals surface area (Å²) >= 11 is 0. The number of hydrogen-bond acceptors (Lipinski definition) is 4. The molecule has 7 heteroatoms. The van der Waals surface area contributed by atoms with Crippen LogP contribution >= 0.6 is 0 Å². The van der Waals surface area contributed by atoms with E-state index in [1.807, 2.05) is 4.90 Å². The molecule has 1 saturated heterocycles. The van der Waals surface area contributed by atoms with Crippen LogP contribution in [0.2, 0.25) is 0 Å². The fourth-order valence-corrected chi connectivity index (χ4v) is 4.33. The Balaban J connectivity index is 1.92. The topological polar surface area (TPSA) is 83.7 Å².